The van der Waals surface area contributed by atoms with Crippen LogP contribution in [0, 0.1) is 5.92 Å². The minimum atomic E-state index is 0.366. The highest BCUT2D eigenvalue weighted by Crippen LogP contribution is 2.46. The monoisotopic (exact) mass is 310 g/mol. The van der Waals surface area contributed by atoms with Crippen LogP contribution in [0.1, 0.15) is 23.5 Å². The van der Waals surface area contributed by atoms with Gasteiger partial charge in [0.15, 0.2) is 0 Å². The zero-order valence-electron chi connectivity index (χ0n) is 13.3. The van der Waals surface area contributed by atoms with Crippen molar-refractivity contribution < 1.29 is 0 Å². The van der Waals surface area contributed by atoms with Crippen LogP contribution < -0.4 is 15.9 Å². The number of fused-ring (bicyclic) bond motifs is 5. The first-order chi connectivity index (χ1) is 11.9. The summed E-state index contributed by atoms with van der Waals surface area (Å²) in [5.41, 5.74) is 5.43. The SMILES string of the molecule is C1=Cc2cccc3c2C(C1)C1C=c2c([nH]c4ccccc24)=CC1N3. The Labute approximate surface area is 140 Å². The lowest BCUT2D eigenvalue weighted by Crippen LogP contribution is -2.43. The van der Waals surface area contributed by atoms with Crippen molar-refractivity contribution in [3.63, 3.8) is 0 Å². The van der Waals surface area contributed by atoms with E-state index in [2.05, 4.69) is 77.1 Å². The molecule has 1 aliphatic heterocycles. The highest BCUT2D eigenvalue weighted by atomic mass is 14.9. The molecule has 2 aliphatic carbocycles. The van der Waals surface area contributed by atoms with Crippen molar-refractivity contribution in [2.24, 2.45) is 5.92 Å². The number of H-pyrrole nitrogens is 1. The molecule has 2 N–H and O–H groups in total. The molecule has 2 aromatic carbocycles. The number of benzene rings is 2. The maximum absolute atomic E-state index is 3.78. The lowest BCUT2D eigenvalue weighted by molar-refractivity contribution is 0.494. The van der Waals surface area contributed by atoms with Gasteiger partial charge < -0.3 is 10.3 Å². The largest absolute Gasteiger partial charge is 0.378 e. The Morgan fingerprint density at radius 2 is 1.92 bits per heavy atom. The predicted octanol–water partition coefficient (Wildman–Crippen LogP) is 3.35. The highest BCUT2D eigenvalue weighted by molar-refractivity contribution is 5.83. The normalized spacial score (nSPS) is 25.8. The number of aromatic amines is 1. The number of para-hydroxylation sites is 1. The molecule has 6 rings (SSSR count). The van der Waals surface area contributed by atoms with E-state index in [1.54, 1.807) is 0 Å². The average molecular weight is 310 g/mol. The van der Waals surface area contributed by atoms with Crippen LogP contribution in [-0.2, 0) is 0 Å². The summed E-state index contributed by atoms with van der Waals surface area (Å²) in [6, 6.07) is 15.6. The summed E-state index contributed by atoms with van der Waals surface area (Å²) in [5.74, 6) is 1.08. The molecule has 2 nitrogen and oxygen atoms in total. The Morgan fingerprint density at radius 1 is 0.958 bits per heavy atom. The molecule has 3 atom stereocenters. The molecule has 0 fully saturated rings. The molecule has 0 saturated carbocycles. The first-order valence-corrected chi connectivity index (χ1v) is 8.75. The molecule has 3 unspecified atom stereocenters. The first-order valence-electron chi connectivity index (χ1n) is 8.75. The first kappa shape index (κ1) is 12.7. The van der Waals surface area contributed by atoms with E-state index < -0.39 is 0 Å². The van der Waals surface area contributed by atoms with Crippen molar-refractivity contribution in [2.45, 2.75) is 18.4 Å². The molecular formula is C22H18N2. The van der Waals surface area contributed by atoms with Crippen LogP contribution in [0.3, 0.4) is 0 Å². The van der Waals surface area contributed by atoms with E-state index in [1.807, 2.05) is 0 Å². The van der Waals surface area contributed by atoms with Crippen LogP contribution in [0.4, 0.5) is 5.69 Å². The van der Waals surface area contributed by atoms with Crippen molar-refractivity contribution in [3.8, 4) is 0 Å². The van der Waals surface area contributed by atoms with E-state index in [1.165, 1.54) is 38.3 Å². The highest BCUT2D eigenvalue weighted by Gasteiger charge is 2.37. The average Bonchev–Trinajstić information content (AvgIpc) is 2.98. The molecule has 2 heteroatoms. The van der Waals surface area contributed by atoms with Gasteiger partial charge >= 0.3 is 0 Å². The van der Waals surface area contributed by atoms with Crippen LogP contribution >= 0.6 is 0 Å². The number of hydrogen-bond acceptors (Lipinski definition) is 1. The fourth-order valence-corrected chi connectivity index (χ4v) is 4.84. The summed E-state index contributed by atoms with van der Waals surface area (Å²) < 4.78 is 0. The van der Waals surface area contributed by atoms with Gasteiger partial charge in [-0.1, -0.05) is 48.6 Å². The summed E-state index contributed by atoms with van der Waals surface area (Å²) in [6.45, 7) is 0. The van der Waals surface area contributed by atoms with Gasteiger partial charge in [-0.15, -0.1) is 0 Å². The van der Waals surface area contributed by atoms with Crippen LogP contribution in [0.2, 0.25) is 0 Å². The summed E-state index contributed by atoms with van der Waals surface area (Å²) in [4.78, 5) is 3.59. The van der Waals surface area contributed by atoms with Crippen LogP contribution in [0.5, 0.6) is 0 Å². The molecule has 116 valence electrons. The van der Waals surface area contributed by atoms with Crippen LogP contribution in [-0.4, -0.2) is 11.0 Å². The Balaban J connectivity index is 1.62. The van der Waals surface area contributed by atoms with Crippen LogP contribution in [0.25, 0.3) is 29.1 Å². The van der Waals surface area contributed by atoms with E-state index in [0.717, 1.165) is 6.42 Å². The van der Waals surface area contributed by atoms with Gasteiger partial charge in [0.2, 0.25) is 0 Å². The Hall–Kier alpha value is -2.74. The Morgan fingerprint density at radius 3 is 2.92 bits per heavy atom. The summed E-state index contributed by atoms with van der Waals surface area (Å²) in [7, 11) is 0. The molecule has 0 radical (unpaired) electrons. The summed E-state index contributed by atoms with van der Waals surface area (Å²) in [5, 5.41) is 7.76. The lowest BCUT2D eigenvalue weighted by Gasteiger charge is -2.41. The molecule has 0 bridgehead atoms. The third kappa shape index (κ3) is 1.56. The second kappa shape index (κ2) is 4.41. The molecular weight excluding hydrogens is 292 g/mol. The molecule has 24 heavy (non-hydrogen) atoms. The van der Waals surface area contributed by atoms with Gasteiger partial charge in [-0.3, -0.25) is 0 Å². The van der Waals surface area contributed by atoms with Crippen molar-refractivity contribution in [3.05, 3.63) is 70.2 Å². The number of hydrogen-bond donors (Lipinski definition) is 2. The Bertz CT molecular complexity index is 1130. The zero-order valence-corrected chi connectivity index (χ0v) is 13.3. The van der Waals surface area contributed by atoms with E-state index in [9.17, 15) is 0 Å². The minimum Gasteiger partial charge on any atom is -0.378 e. The number of anilines is 1. The molecule has 3 aromatic rings. The molecule has 0 spiro atoms. The summed E-state index contributed by atoms with van der Waals surface area (Å²) in [6.07, 6.45) is 10.7. The van der Waals surface area contributed by atoms with Crippen LogP contribution in [0.15, 0.2) is 48.5 Å². The number of aromatic nitrogens is 1. The number of allylic oxidation sites excluding steroid dienone is 1. The third-order valence-corrected chi connectivity index (χ3v) is 5.88. The Kier molecular flexibility index (Phi) is 2.33. The maximum Gasteiger partial charge on any atom is 0.0536 e. The lowest BCUT2D eigenvalue weighted by atomic mass is 9.71. The van der Waals surface area contributed by atoms with Crippen molar-refractivity contribution >= 4 is 34.8 Å². The van der Waals surface area contributed by atoms with Gasteiger partial charge in [0.05, 0.1) is 6.04 Å². The van der Waals surface area contributed by atoms with Gasteiger partial charge in [0.25, 0.3) is 0 Å². The predicted molar refractivity (Wildman–Crippen MR) is 100 cm³/mol. The van der Waals surface area contributed by atoms with E-state index in [-0.39, 0.29) is 0 Å². The van der Waals surface area contributed by atoms with Gasteiger partial charge in [0.1, 0.15) is 0 Å². The van der Waals surface area contributed by atoms with E-state index in [0.29, 0.717) is 17.9 Å². The van der Waals surface area contributed by atoms with Gasteiger partial charge in [-0.2, -0.15) is 0 Å². The third-order valence-electron chi connectivity index (χ3n) is 5.88. The fourth-order valence-electron chi connectivity index (χ4n) is 4.84. The van der Waals surface area contributed by atoms with Gasteiger partial charge in [-0.25, -0.2) is 0 Å². The standard InChI is InChI=1S/C22H18N2/c1-2-9-18-14(7-1)16-11-17-15-8-3-5-13-6-4-10-19(22(13)15)24-21(17)12-20(16)23-18/h1-7,9-12,15,17,21,23-24H,8H2. The minimum absolute atomic E-state index is 0.366. The number of rotatable bonds is 0. The van der Waals surface area contributed by atoms with Crippen molar-refractivity contribution in [1.82, 2.24) is 4.98 Å². The molecule has 3 aliphatic rings. The summed E-state index contributed by atoms with van der Waals surface area (Å²) >= 11 is 0. The smallest absolute Gasteiger partial charge is 0.0536 e. The van der Waals surface area contributed by atoms with Crippen molar-refractivity contribution in [1.29, 1.82) is 0 Å². The van der Waals surface area contributed by atoms with E-state index >= 15 is 0 Å². The van der Waals surface area contributed by atoms with Gasteiger partial charge in [-0.05, 0) is 41.7 Å². The van der Waals surface area contributed by atoms with Crippen molar-refractivity contribution in [2.75, 3.05) is 5.32 Å². The molecule has 1 aromatic heterocycles. The number of nitrogens with one attached hydrogen (secondary N) is 2. The zero-order chi connectivity index (χ0) is 15.7. The topological polar surface area (TPSA) is 27.8 Å². The maximum atomic E-state index is 3.78. The fraction of sp³-hybridized carbons (Fsp3) is 0.182. The molecule has 2 heterocycles. The van der Waals surface area contributed by atoms with Gasteiger partial charge in [0, 0.05) is 33.1 Å². The van der Waals surface area contributed by atoms with E-state index in [4.69, 9.17) is 0 Å². The molecule has 0 saturated heterocycles. The second-order valence-electron chi connectivity index (χ2n) is 7.13. The molecule has 0 amide bonds. The quantitative estimate of drug-likeness (QED) is 0.655. The second-order valence-corrected chi connectivity index (χ2v) is 7.13.